The third-order valence-electron chi connectivity index (χ3n) is 5.99. The number of hydrogen-bond donors (Lipinski definition) is 1. The van der Waals surface area contributed by atoms with E-state index in [-0.39, 0.29) is 30.0 Å². The lowest BCUT2D eigenvalue weighted by molar-refractivity contribution is 0.124. The van der Waals surface area contributed by atoms with Gasteiger partial charge >= 0.3 is 0 Å². The molecule has 10 heteroatoms. The number of nitrogens with zero attached hydrogens (tertiary/aromatic N) is 6. The highest BCUT2D eigenvalue weighted by atomic mass is 127. The Hall–Kier alpha value is -2.34. The van der Waals surface area contributed by atoms with Gasteiger partial charge in [-0.15, -0.1) is 34.2 Å². The number of aromatic nitrogens is 3. The van der Waals surface area contributed by atoms with Crippen LogP contribution in [0.5, 0.6) is 0 Å². The molecule has 1 unspecified atom stereocenters. The number of nitrogens with one attached hydrogen (secondary N) is 1. The second kappa shape index (κ2) is 11.7. The number of halogens is 3. The van der Waals surface area contributed by atoms with Crippen molar-refractivity contribution in [1.29, 1.82) is 0 Å². The lowest BCUT2D eigenvalue weighted by atomic mass is 10.0. The molecule has 0 saturated carbocycles. The lowest BCUT2D eigenvalue weighted by Gasteiger charge is -2.40. The standard InChI is InChI=1S/C23H29F2N7.HI/c1-3-20(18-8-7-17(24)16-19(18)25)30-12-14-31(15-13-30)23(26-2)27-10-9-22-29-28-21-6-4-5-11-32(21)22;/h4-8,11,16,20H,3,9-10,12-15H2,1-2H3,(H,26,27);1H. The molecule has 3 aromatic rings. The van der Waals surface area contributed by atoms with E-state index in [4.69, 9.17) is 0 Å². The molecule has 0 amide bonds. The average Bonchev–Trinajstić information content (AvgIpc) is 3.22. The first kappa shape index (κ1) is 25.3. The van der Waals surface area contributed by atoms with Crippen molar-refractivity contribution in [2.45, 2.75) is 25.8 Å². The number of piperazine rings is 1. The van der Waals surface area contributed by atoms with Crippen LogP contribution in [-0.4, -0.2) is 70.1 Å². The van der Waals surface area contributed by atoms with Gasteiger partial charge in [0.15, 0.2) is 11.6 Å². The summed E-state index contributed by atoms with van der Waals surface area (Å²) in [5.74, 6) is 0.734. The monoisotopic (exact) mass is 569 g/mol. The van der Waals surface area contributed by atoms with Crippen LogP contribution in [0.15, 0.2) is 47.6 Å². The summed E-state index contributed by atoms with van der Waals surface area (Å²) < 4.78 is 29.6. The molecule has 1 aromatic carbocycles. The Morgan fingerprint density at radius 1 is 1.12 bits per heavy atom. The SMILES string of the molecule is CCC(c1ccc(F)cc1F)N1CCN(C(=NC)NCCc2nnc3ccccn23)CC1.I. The largest absolute Gasteiger partial charge is 0.356 e. The number of fused-ring (bicyclic) bond motifs is 1. The fourth-order valence-corrected chi connectivity index (χ4v) is 4.37. The third kappa shape index (κ3) is 5.78. The van der Waals surface area contributed by atoms with Crippen molar-refractivity contribution in [3.05, 3.63) is 65.6 Å². The third-order valence-corrected chi connectivity index (χ3v) is 5.99. The molecular formula is C23H30F2IN7. The highest BCUT2D eigenvalue weighted by Gasteiger charge is 2.27. The predicted molar refractivity (Wildman–Crippen MR) is 136 cm³/mol. The molecule has 0 radical (unpaired) electrons. The Balaban J connectivity index is 0.00000306. The van der Waals surface area contributed by atoms with Gasteiger partial charge in [-0.05, 0) is 24.6 Å². The molecule has 3 heterocycles. The van der Waals surface area contributed by atoms with Crippen LogP contribution in [0.25, 0.3) is 5.65 Å². The smallest absolute Gasteiger partial charge is 0.193 e. The van der Waals surface area contributed by atoms with E-state index in [1.807, 2.05) is 35.7 Å². The van der Waals surface area contributed by atoms with Crippen LogP contribution in [0, 0.1) is 11.6 Å². The van der Waals surface area contributed by atoms with Crippen molar-refractivity contribution < 1.29 is 8.78 Å². The summed E-state index contributed by atoms with van der Waals surface area (Å²) in [5.41, 5.74) is 1.40. The maximum atomic E-state index is 14.3. The summed E-state index contributed by atoms with van der Waals surface area (Å²) in [6, 6.07) is 9.66. The molecule has 1 aliphatic heterocycles. The minimum absolute atomic E-state index is 0. The molecule has 0 spiro atoms. The lowest BCUT2D eigenvalue weighted by Crippen LogP contribution is -2.53. The van der Waals surface area contributed by atoms with E-state index in [1.165, 1.54) is 6.07 Å². The maximum Gasteiger partial charge on any atom is 0.193 e. The number of guanidine groups is 1. The number of pyridine rings is 1. The van der Waals surface area contributed by atoms with Gasteiger partial charge in [0.25, 0.3) is 0 Å². The molecule has 2 aromatic heterocycles. The van der Waals surface area contributed by atoms with Gasteiger partial charge in [0.05, 0.1) is 0 Å². The molecular weight excluding hydrogens is 539 g/mol. The zero-order valence-electron chi connectivity index (χ0n) is 18.9. The highest BCUT2D eigenvalue weighted by molar-refractivity contribution is 14.0. The Kier molecular flexibility index (Phi) is 8.95. The fraction of sp³-hybridized carbons (Fsp3) is 0.435. The molecule has 33 heavy (non-hydrogen) atoms. The second-order valence-electron chi connectivity index (χ2n) is 7.88. The van der Waals surface area contributed by atoms with E-state index in [9.17, 15) is 8.78 Å². The van der Waals surface area contributed by atoms with Crippen molar-refractivity contribution in [3.8, 4) is 0 Å². The topological polar surface area (TPSA) is 61.1 Å². The van der Waals surface area contributed by atoms with Gasteiger partial charge in [-0.2, -0.15) is 0 Å². The summed E-state index contributed by atoms with van der Waals surface area (Å²) in [7, 11) is 1.78. The molecule has 0 bridgehead atoms. The van der Waals surface area contributed by atoms with Gasteiger partial charge in [0.1, 0.15) is 17.5 Å². The Labute approximate surface area is 209 Å². The molecule has 7 nitrogen and oxygen atoms in total. The average molecular weight is 569 g/mol. The minimum atomic E-state index is -0.542. The predicted octanol–water partition coefficient (Wildman–Crippen LogP) is 3.51. The summed E-state index contributed by atoms with van der Waals surface area (Å²) in [5, 5.41) is 11.9. The Morgan fingerprint density at radius 2 is 1.91 bits per heavy atom. The normalized spacial score (nSPS) is 16.0. The van der Waals surface area contributed by atoms with E-state index in [0.29, 0.717) is 12.1 Å². The van der Waals surface area contributed by atoms with E-state index in [1.54, 1.807) is 13.1 Å². The van der Waals surface area contributed by atoms with Crippen molar-refractivity contribution in [2.75, 3.05) is 39.8 Å². The zero-order valence-corrected chi connectivity index (χ0v) is 21.2. The Bertz CT molecular complexity index is 1080. The summed E-state index contributed by atoms with van der Waals surface area (Å²) in [6.07, 6.45) is 3.46. The maximum absolute atomic E-state index is 14.3. The summed E-state index contributed by atoms with van der Waals surface area (Å²) in [4.78, 5) is 8.91. The molecule has 1 atom stereocenters. The van der Waals surface area contributed by atoms with E-state index >= 15 is 0 Å². The van der Waals surface area contributed by atoms with Crippen LogP contribution in [0.1, 0.15) is 30.8 Å². The first-order valence-corrected chi connectivity index (χ1v) is 11.0. The van der Waals surface area contributed by atoms with Gasteiger partial charge in [-0.3, -0.25) is 14.3 Å². The second-order valence-corrected chi connectivity index (χ2v) is 7.88. The molecule has 1 aliphatic rings. The van der Waals surface area contributed by atoms with Crippen LogP contribution in [-0.2, 0) is 6.42 Å². The molecule has 1 N–H and O–H groups in total. The number of aliphatic imine (C=N–C) groups is 1. The Morgan fingerprint density at radius 3 is 2.61 bits per heavy atom. The van der Waals surface area contributed by atoms with Gasteiger partial charge in [0, 0.05) is 70.1 Å². The zero-order chi connectivity index (χ0) is 22.5. The van der Waals surface area contributed by atoms with Crippen molar-refractivity contribution in [2.24, 2.45) is 4.99 Å². The molecule has 1 saturated heterocycles. The van der Waals surface area contributed by atoms with Crippen molar-refractivity contribution >= 4 is 35.6 Å². The van der Waals surface area contributed by atoms with Crippen LogP contribution in [0.2, 0.25) is 0 Å². The van der Waals surface area contributed by atoms with E-state index in [0.717, 1.165) is 62.5 Å². The first-order chi connectivity index (χ1) is 15.6. The van der Waals surface area contributed by atoms with E-state index < -0.39 is 11.6 Å². The highest BCUT2D eigenvalue weighted by Crippen LogP contribution is 2.28. The number of rotatable bonds is 6. The van der Waals surface area contributed by atoms with Crippen molar-refractivity contribution in [1.82, 2.24) is 29.7 Å². The van der Waals surface area contributed by atoms with Crippen molar-refractivity contribution in [3.63, 3.8) is 0 Å². The molecule has 4 rings (SSSR count). The van der Waals surface area contributed by atoms with Gasteiger partial charge in [-0.25, -0.2) is 8.78 Å². The molecule has 178 valence electrons. The van der Waals surface area contributed by atoms with Gasteiger partial charge in [0.2, 0.25) is 0 Å². The van der Waals surface area contributed by atoms with Crippen LogP contribution >= 0.6 is 24.0 Å². The fourth-order valence-electron chi connectivity index (χ4n) is 4.37. The number of benzene rings is 1. The first-order valence-electron chi connectivity index (χ1n) is 11.0. The van der Waals surface area contributed by atoms with Crippen LogP contribution < -0.4 is 5.32 Å². The summed E-state index contributed by atoms with van der Waals surface area (Å²) in [6.45, 7) is 5.87. The number of hydrogen-bond acceptors (Lipinski definition) is 4. The molecule has 0 aliphatic carbocycles. The van der Waals surface area contributed by atoms with Gasteiger partial charge in [-0.1, -0.05) is 19.1 Å². The van der Waals surface area contributed by atoms with Gasteiger partial charge < -0.3 is 10.2 Å². The minimum Gasteiger partial charge on any atom is -0.356 e. The van der Waals surface area contributed by atoms with E-state index in [2.05, 4.69) is 30.3 Å². The quantitative estimate of drug-likeness (QED) is 0.280. The van der Waals surface area contributed by atoms with Crippen LogP contribution in [0.4, 0.5) is 8.78 Å². The summed E-state index contributed by atoms with van der Waals surface area (Å²) >= 11 is 0. The molecule has 1 fully saturated rings. The van der Waals surface area contributed by atoms with Crippen LogP contribution in [0.3, 0.4) is 0 Å².